The third kappa shape index (κ3) is 4.02. The Hall–Kier alpha value is -1.06. The molecular formula is C13H24O4. The van der Waals surface area contributed by atoms with Crippen LogP contribution in [-0.4, -0.2) is 25.2 Å². The van der Waals surface area contributed by atoms with Gasteiger partial charge in [-0.15, -0.1) is 0 Å². The lowest BCUT2D eigenvalue weighted by molar-refractivity contribution is -0.173. The van der Waals surface area contributed by atoms with E-state index >= 15 is 0 Å². The topological polar surface area (TPSA) is 52.6 Å². The third-order valence-corrected chi connectivity index (χ3v) is 2.81. The maximum atomic E-state index is 12.0. The van der Waals surface area contributed by atoms with Crippen molar-refractivity contribution in [2.75, 3.05) is 13.2 Å². The van der Waals surface area contributed by atoms with Crippen LogP contribution in [0.25, 0.3) is 0 Å². The van der Waals surface area contributed by atoms with Crippen LogP contribution >= 0.6 is 0 Å². The van der Waals surface area contributed by atoms with Gasteiger partial charge in [-0.2, -0.15) is 0 Å². The average molecular weight is 244 g/mol. The van der Waals surface area contributed by atoms with Gasteiger partial charge in [-0.3, -0.25) is 9.59 Å². The van der Waals surface area contributed by atoms with Gasteiger partial charge in [0.05, 0.1) is 13.2 Å². The molecule has 0 aliphatic rings. The smallest absolute Gasteiger partial charge is 0.323 e. The summed E-state index contributed by atoms with van der Waals surface area (Å²) in [5.74, 6) is -0.680. The van der Waals surface area contributed by atoms with Gasteiger partial charge in [0.1, 0.15) is 0 Å². The second-order valence-corrected chi connectivity index (χ2v) is 4.50. The molecule has 0 aliphatic carbocycles. The van der Waals surface area contributed by atoms with Gasteiger partial charge in [0.2, 0.25) is 0 Å². The average Bonchev–Trinajstić information content (AvgIpc) is 2.29. The van der Waals surface area contributed by atoms with Crippen molar-refractivity contribution in [1.29, 1.82) is 0 Å². The van der Waals surface area contributed by atoms with Gasteiger partial charge in [-0.1, -0.05) is 27.7 Å². The van der Waals surface area contributed by atoms with E-state index in [0.29, 0.717) is 19.4 Å². The molecule has 100 valence electrons. The van der Waals surface area contributed by atoms with Crippen LogP contribution < -0.4 is 0 Å². The van der Waals surface area contributed by atoms with E-state index in [4.69, 9.17) is 9.47 Å². The number of esters is 2. The van der Waals surface area contributed by atoms with Crippen LogP contribution in [0.4, 0.5) is 0 Å². The van der Waals surface area contributed by atoms with E-state index in [1.54, 1.807) is 20.8 Å². The van der Waals surface area contributed by atoms with Gasteiger partial charge in [0, 0.05) is 0 Å². The molecular weight excluding hydrogens is 220 g/mol. The van der Waals surface area contributed by atoms with Crippen LogP contribution in [0.1, 0.15) is 47.5 Å². The maximum Gasteiger partial charge on any atom is 0.323 e. The molecule has 0 rings (SSSR count). The Morgan fingerprint density at radius 2 is 1.47 bits per heavy atom. The molecule has 4 heteroatoms. The van der Waals surface area contributed by atoms with E-state index in [0.717, 1.165) is 0 Å². The molecule has 0 bridgehead atoms. The lowest BCUT2D eigenvalue weighted by atomic mass is 9.82. The van der Waals surface area contributed by atoms with E-state index in [9.17, 15) is 9.59 Å². The lowest BCUT2D eigenvalue weighted by Gasteiger charge is -2.27. The fourth-order valence-electron chi connectivity index (χ4n) is 1.56. The highest BCUT2D eigenvalue weighted by Gasteiger charge is 2.45. The quantitative estimate of drug-likeness (QED) is 0.510. The molecule has 0 aromatic heterocycles. The highest BCUT2D eigenvalue weighted by atomic mass is 16.6. The minimum absolute atomic E-state index is 0.257. The summed E-state index contributed by atoms with van der Waals surface area (Å²) in [6.07, 6.45) is 0.804. The monoisotopic (exact) mass is 244 g/mol. The SMILES string of the molecule is CCOC(=O)C(CC)(CC)C(=O)OCC(C)C. The van der Waals surface area contributed by atoms with Gasteiger partial charge < -0.3 is 9.47 Å². The normalized spacial score (nSPS) is 11.4. The van der Waals surface area contributed by atoms with Crippen molar-refractivity contribution in [3.05, 3.63) is 0 Å². The first-order valence-electron chi connectivity index (χ1n) is 6.29. The van der Waals surface area contributed by atoms with Crippen molar-refractivity contribution in [2.24, 2.45) is 11.3 Å². The summed E-state index contributed by atoms with van der Waals surface area (Å²) >= 11 is 0. The first-order chi connectivity index (χ1) is 7.94. The Kier molecular flexibility index (Phi) is 6.85. The van der Waals surface area contributed by atoms with Gasteiger partial charge >= 0.3 is 11.9 Å². The highest BCUT2D eigenvalue weighted by molar-refractivity contribution is 5.99. The number of ether oxygens (including phenoxy) is 2. The van der Waals surface area contributed by atoms with Crippen molar-refractivity contribution in [1.82, 2.24) is 0 Å². The maximum absolute atomic E-state index is 12.0. The molecule has 0 radical (unpaired) electrons. The Morgan fingerprint density at radius 3 is 1.82 bits per heavy atom. The molecule has 0 saturated heterocycles. The summed E-state index contributed by atoms with van der Waals surface area (Å²) in [5, 5.41) is 0. The van der Waals surface area contributed by atoms with Crippen molar-refractivity contribution in [2.45, 2.75) is 47.5 Å². The Bertz CT molecular complexity index is 254. The molecule has 4 nitrogen and oxygen atoms in total. The number of carbonyl (C=O) groups is 2. The summed E-state index contributed by atoms with van der Waals surface area (Å²) in [4.78, 5) is 23.9. The molecule has 0 aromatic carbocycles. The highest BCUT2D eigenvalue weighted by Crippen LogP contribution is 2.30. The minimum Gasteiger partial charge on any atom is -0.465 e. The lowest BCUT2D eigenvalue weighted by Crippen LogP contribution is -2.41. The molecule has 0 N–H and O–H groups in total. The van der Waals surface area contributed by atoms with E-state index in [1.165, 1.54) is 0 Å². The second-order valence-electron chi connectivity index (χ2n) is 4.50. The number of rotatable bonds is 7. The Balaban J connectivity index is 4.80. The van der Waals surface area contributed by atoms with Crippen molar-refractivity contribution in [3.8, 4) is 0 Å². The zero-order valence-electron chi connectivity index (χ0n) is 11.5. The number of carbonyl (C=O) groups excluding carboxylic acids is 2. The van der Waals surface area contributed by atoms with Crippen LogP contribution in [0.15, 0.2) is 0 Å². The molecule has 0 spiro atoms. The van der Waals surface area contributed by atoms with E-state index < -0.39 is 17.4 Å². The molecule has 0 saturated carbocycles. The van der Waals surface area contributed by atoms with Crippen LogP contribution in [0.3, 0.4) is 0 Å². The van der Waals surface area contributed by atoms with Crippen LogP contribution in [-0.2, 0) is 19.1 Å². The van der Waals surface area contributed by atoms with Crippen LogP contribution in [0, 0.1) is 11.3 Å². The molecule has 0 atom stereocenters. The third-order valence-electron chi connectivity index (χ3n) is 2.81. The summed E-state index contributed by atoms with van der Waals surface area (Å²) in [5.41, 5.74) is -1.13. The van der Waals surface area contributed by atoms with E-state index in [-0.39, 0.29) is 12.5 Å². The predicted octanol–water partition coefficient (Wildman–Crippen LogP) is 2.56. The standard InChI is InChI=1S/C13H24O4/c1-6-13(7-2,11(14)16-8-3)12(15)17-9-10(4)5/h10H,6-9H2,1-5H3. The summed E-state index contributed by atoms with van der Waals surface area (Å²) in [7, 11) is 0. The zero-order valence-corrected chi connectivity index (χ0v) is 11.5. The van der Waals surface area contributed by atoms with E-state index in [2.05, 4.69) is 0 Å². The fraction of sp³-hybridized carbons (Fsp3) is 0.846. The summed E-state index contributed by atoms with van der Waals surface area (Å²) < 4.78 is 10.2. The fourth-order valence-corrected chi connectivity index (χ4v) is 1.56. The van der Waals surface area contributed by atoms with Gasteiger partial charge in [0.15, 0.2) is 5.41 Å². The first-order valence-corrected chi connectivity index (χ1v) is 6.29. The Labute approximate surface area is 104 Å². The van der Waals surface area contributed by atoms with Crippen molar-refractivity contribution >= 4 is 11.9 Å². The molecule has 0 heterocycles. The van der Waals surface area contributed by atoms with Gasteiger partial charge in [-0.25, -0.2) is 0 Å². The summed E-state index contributed by atoms with van der Waals surface area (Å²) in [6, 6.07) is 0. The zero-order chi connectivity index (χ0) is 13.5. The predicted molar refractivity (Wildman–Crippen MR) is 65.4 cm³/mol. The van der Waals surface area contributed by atoms with Crippen LogP contribution in [0.5, 0.6) is 0 Å². The molecule has 0 unspecified atom stereocenters. The molecule has 0 aromatic rings. The molecule has 0 amide bonds. The van der Waals surface area contributed by atoms with Crippen molar-refractivity contribution < 1.29 is 19.1 Å². The van der Waals surface area contributed by atoms with E-state index in [1.807, 2.05) is 13.8 Å². The second kappa shape index (κ2) is 7.30. The number of hydrogen-bond acceptors (Lipinski definition) is 4. The van der Waals surface area contributed by atoms with Crippen LogP contribution in [0.2, 0.25) is 0 Å². The minimum atomic E-state index is -1.13. The van der Waals surface area contributed by atoms with Gasteiger partial charge in [0.25, 0.3) is 0 Å². The molecule has 17 heavy (non-hydrogen) atoms. The Morgan fingerprint density at radius 1 is 1.00 bits per heavy atom. The number of hydrogen-bond donors (Lipinski definition) is 0. The van der Waals surface area contributed by atoms with Crippen molar-refractivity contribution in [3.63, 3.8) is 0 Å². The largest absolute Gasteiger partial charge is 0.465 e. The van der Waals surface area contributed by atoms with Gasteiger partial charge in [-0.05, 0) is 25.7 Å². The molecule has 0 aliphatic heterocycles. The first kappa shape index (κ1) is 15.9. The molecule has 0 fully saturated rings. The summed E-state index contributed by atoms with van der Waals surface area (Å²) in [6.45, 7) is 9.86.